The predicted octanol–water partition coefficient (Wildman–Crippen LogP) is 1.74. The Morgan fingerprint density at radius 2 is 2.13 bits per heavy atom. The quantitative estimate of drug-likeness (QED) is 0.903. The van der Waals surface area contributed by atoms with Crippen LogP contribution in [0.4, 0.5) is 0 Å². The van der Waals surface area contributed by atoms with E-state index in [1.165, 1.54) is 0 Å². The molecular weight excluding hydrogens is 290 g/mol. The van der Waals surface area contributed by atoms with Crippen LogP contribution in [0.25, 0.3) is 0 Å². The Labute approximate surface area is 136 Å². The molecule has 23 heavy (non-hydrogen) atoms. The number of carbonyl (C=O) groups is 1. The van der Waals surface area contributed by atoms with E-state index in [1.54, 1.807) is 0 Å². The summed E-state index contributed by atoms with van der Waals surface area (Å²) < 4.78 is 1.85. The maximum Gasteiger partial charge on any atom is 0.220 e. The van der Waals surface area contributed by atoms with Crippen LogP contribution < -0.4 is 5.32 Å². The highest BCUT2D eigenvalue weighted by molar-refractivity contribution is 5.77. The fraction of sp³-hybridized carbons (Fsp3) is 0.444. The maximum absolute atomic E-state index is 12.3. The first-order chi connectivity index (χ1) is 11.0. The number of amides is 1. The molecule has 0 saturated heterocycles. The highest BCUT2D eigenvalue weighted by atomic mass is 16.3. The summed E-state index contributed by atoms with van der Waals surface area (Å²) in [6, 6.07) is 7.59. The second kappa shape index (κ2) is 6.16. The molecule has 0 unspecified atom stereocenters. The van der Waals surface area contributed by atoms with Crippen LogP contribution in [0.2, 0.25) is 0 Å². The smallest absolute Gasteiger partial charge is 0.220 e. The lowest BCUT2D eigenvalue weighted by Gasteiger charge is -2.18. The zero-order valence-corrected chi connectivity index (χ0v) is 13.8. The van der Waals surface area contributed by atoms with Crippen LogP contribution in [0.3, 0.4) is 0 Å². The Morgan fingerprint density at radius 3 is 2.83 bits per heavy atom. The van der Waals surface area contributed by atoms with Gasteiger partial charge in [-0.2, -0.15) is 5.10 Å². The molecule has 5 nitrogen and oxygen atoms in total. The first-order valence-corrected chi connectivity index (χ1v) is 8.01. The van der Waals surface area contributed by atoms with Crippen LogP contribution in [-0.4, -0.2) is 26.9 Å². The molecule has 1 aliphatic rings. The Balaban J connectivity index is 1.64. The third-order valence-electron chi connectivity index (χ3n) is 4.78. The minimum atomic E-state index is -0.543. The van der Waals surface area contributed by atoms with E-state index in [4.69, 9.17) is 0 Å². The molecule has 1 aliphatic carbocycles. The fourth-order valence-corrected chi connectivity index (χ4v) is 3.41. The van der Waals surface area contributed by atoms with Gasteiger partial charge in [0.25, 0.3) is 0 Å². The molecule has 2 aromatic rings. The van der Waals surface area contributed by atoms with Crippen molar-refractivity contribution in [1.82, 2.24) is 15.1 Å². The van der Waals surface area contributed by atoms with Gasteiger partial charge in [-0.05, 0) is 37.0 Å². The van der Waals surface area contributed by atoms with Crippen LogP contribution in [0, 0.1) is 13.8 Å². The number of hydrogen-bond acceptors (Lipinski definition) is 3. The molecule has 122 valence electrons. The average Bonchev–Trinajstić information content (AvgIpc) is 2.95. The van der Waals surface area contributed by atoms with E-state index in [0.717, 1.165) is 28.1 Å². The van der Waals surface area contributed by atoms with Crippen molar-refractivity contribution in [2.75, 3.05) is 0 Å². The molecule has 0 fully saturated rings. The number of aliphatic hydroxyl groups is 1. The van der Waals surface area contributed by atoms with E-state index in [9.17, 15) is 9.90 Å². The summed E-state index contributed by atoms with van der Waals surface area (Å²) >= 11 is 0. The molecule has 2 atom stereocenters. The van der Waals surface area contributed by atoms with Gasteiger partial charge in [0.1, 0.15) is 0 Å². The number of nitrogens with zero attached hydrogens (tertiary/aromatic N) is 2. The third kappa shape index (κ3) is 3.01. The molecule has 1 aromatic carbocycles. The molecule has 0 spiro atoms. The number of carbonyl (C=O) groups excluding carboxylic acids is 1. The average molecular weight is 313 g/mol. The summed E-state index contributed by atoms with van der Waals surface area (Å²) in [5, 5.41) is 17.6. The van der Waals surface area contributed by atoms with E-state index in [0.29, 0.717) is 19.3 Å². The minimum absolute atomic E-state index is 0.0339. The summed E-state index contributed by atoms with van der Waals surface area (Å²) in [5.41, 5.74) is 5.35. The van der Waals surface area contributed by atoms with Gasteiger partial charge >= 0.3 is 0 Å². The molecule has 2 N–H and O–H groups in total. The van der Waals surface area contributed by atoms with Gasteiger partial charge in [-0.25, -0.2) is 0 Å². The summed E-state index contributed by atoms with van der Waals surface area (Å²) in [7, 11) is 1.91. The van der Waals surface area contributed by atoms with E-state index in [1.807, 2.05) is 49.8 Å². The van der Waals surface area contributed by atoms with Gasteiger partial charge in [0.2, 0.25) is 5.91 Å². The van der Waals surface area contributed by atoms with Crippen molar-refractivity contribution in [2.45, 2.75) is 45.3 Å². The summed E-state index contributed by atoms with van der Waals surface area (Å²) in [6.07, 6.45) is 1.13. The number of nitrogens with one attached hydrogen (secondary N) is 1. The molecule has 1 amide bonds. The number of aromatic nitrogens is 2. The second-order valence-electron chi connectivity index (χ2n) is 6.29. The Kier molecular flexibility index (Phi) is 4.22. The van der Waals surface area contributed by atoms with E-state index >= 15 is 0 Å². The van der Waals surface area contributed by atoms with Crippen LogP contribution in [-0.2, 0) is 24.7 Å². The minimum Gasteiger partial charge on any atom is -0.390 e. The van der Waals surface area contributed by atoms with Gasteiger partial charge in [0.05, 0.1) is 17.8 Å². The molecule has 3 rings (SSSR count). The first-order valence-electron chi connectivity index (χ1n) is 8.01. The zero-order valence-electron chi connectivity index (χ0n) is 13.8. The van der Waals surface area contributed by atoms with Crippen molar-refractivity contribution >= 4 is 5.91 Å². The predicted molar refractivity (Wildman–Crippen MR) is 88.0 cm³/mol. The number of fused-ring (bicyclic) bond motifs is 1. The van der Waals surface area contributed by atoms with Crippen LogP contribution in [0.1, 0.15) is 40.5 Å². The first kappa shape index (κ1) is 15.7. The van der Waals surface area contributed by atoms with Gasteiger partial charge in [-0.15, -0.1) is 0 Å². The van der Waals surface area contributed by atoms with Crippen molar-refractivity contribution in [1.29, 1.82) is 0 Å². The lowest BCUT2D eigenvalue weighted by molar-refractivity contribution is -0.122. The summed E-state index contributed by atoms with van der Waals surface area (Å²) in [4.78, 5) is 12.3. The zero-order chi connectivity index (χ0) is 16.6. The fourth-order valence-electron chi connectivity index (χ4n) is 3.41. The second-order valence-corrected chi connectivity index (χ2v) is 6.29. The third-order valence-corrected chi connectivity index (χ3v) is 4.78. The number of benzene rings is 1. The topological polar surface area (TPSA) is 67.2 Å². The van der Waals surface area contributed by atoms with Gasteiger partial charge in [-0.1, -0.05) is 24.3 Å². The number of hydrogen-bond donors (Lipinski definition) is 2. The maximum atomic E-state index is 12.3. The highest BCUT2D eigenvalue weighted by Crippen LogP contribution is 2.31. The van der Waals surface area contributed by atoms with E-state index in [-0.39, 0.29) is 11.9 Å². The molecule has 0 saturated carbocycles. The number of rotatable bonds is 4. The van der Waals surface area contributed by atoms with Gasteiger partial charge in [0, 0.05) is 25.6 Å². The molecule has 1 heterocycles. The number of aryl methyl sites for hydroxylation is 2. The molecule has 5 heteroatoms. The van der Waals surface area contributed by atoms with Gasteiger partial charge in [0.15, 0.2) is 0 Å². The molecule has 0 aliphatic heterocycles. The van der Waals surface area contributed by atoms with Crippen molar-refractivity contribution in [3.63, 3.8) is 0 Å². The molecule has 0 bridgehead atoms. The Hall–Kier alpha value is -2.14. The lowest BCUT2D eigenvalue weighted by atomic mass is 10.1. The van der Waals surface area contributed by atoms with Gasteiger partial charge in [-0.3, -0.25) is 9.48 Å². The van der Waals surface area contributed by atoms with Crippen LogP contribution in [0.5, 0.6) is 0 Å². The summed E-state index contributed by atoms with van der Waals surface area (Å²) in [5.74, 6) is -0.0339. The van der Waals surface area contributed by atoms with Crippen LogP contribution in [0.15, 0.2) is 24.3 Å². The summed E-state index contributed by atoms with van der Waals surface area (Å²) in [6.45, 7) is 3.99. The molecular formula is C18H23N3O2. The molecule has 0 radical (unpaired) electrons. The SMILES string of the molecule is Cc1nn(C)c(C)c1CCC(=O)N[C@@H]1c2ccccc2C[C@@H]1O. The largest absolute Gasteiger partial charge is 0.390 e. The highest BCUT2D eigenvalue weighted by Gasteiger charge is 2.31. The monoisotopic (exact) mass is 313 g/mol. The number of aliphatic hydroxyl groups excluding tert-OH is 1. The molecule has 1 aromatic heterocycles. The Bertz CT molecular complexity index is 736. The Morgan fingerprint density at radius 1 is 1.39 bits per heavy atom. The van der Waals surface area contributed by atoms with Crippen molar-refractivity contribution in [3.8, 4) is 0 Å². The van der Waals surface area contributed by atoms with Crippen molar-refractivity contribution in [2.24, 2.45) is 7.05 Å². The van der Waals surface area contributed by atoms with E-state index in [2.05, 4.69) is 10.4 Å². The van der Waals surface area contributed by atoms with Gasteiger partial charge < -0.3 is 10.4 Å². The lowest BCUT2D eigenvalue weighted by Crippen LogP contribution is -2.34. The van der Waals surface area contributed by atoms with Crippen LogP contribution >= 0.6 is 0 Å². The standard InChI is InChI=1S/C18H23N3O2/c1-11-14(12(2)21(3)20-11)8-9-17(23)19-18-15-7-5-4-6-13(15)10-16(18)22/h4-7,16,18,22H,8-10H2,1-3H3,(H,19,23)/t16-,18+/m0/s1. The normalized spacial score (nSPS) is 19.7. The van der Waals surface area contributed by atoms with E-state index < -0.39 is 6.10 Å². The van der Waals surface area contributed by atoms with Crippen molar-refractivity contribution in [3.05, 3.63) is 52.3 Å². The van der Waals surface area contributed by atoms with Crippen molar-refractivity contribution < 1.29 is 9.90 Å².